The number of hydrogen-bond donors (Lipinski definition) is 7. The minimum absolute atomic E-state index is 0.0162. The summed E-state index contributed by atoms with van der Waals surface area (Å²) in [5, 5.41) is 59.8. The van der Waals surface area contributed by atoms with Gasteiger partial charge < -0.3 is 45.2 Å². The summed E-state index contributed by atoms with van der Waals surface area (Å²) in [4.78, 5) is 0. The van der Waals surface area contributed by atoms with Crippen molar-refractivity contribution in [3.63, 3.8) is 0 Å². The third kappa shape index (κ3) is 15.4. The van der Waals surface area contributed by atoms with Crippen molar-refractivity contribution in [2.45, 2.75) is 43.5 Å². The Bertz CT molecular complexity index is 346. The molecule has 2 aliphatic rings. The highest BCUT2D eigenvalue weighted by Gasteiger charge is 2.35. The summed E-state index contributed by atoms with van der Waals surface area (Å²) in [6.07, 6.45) is 20.7. The van der Waals surface area contributed by atoms with E-state index in [1.54, 1.807) is 0 Å². The highest BCUT2D eigenvalue weighted by Crippen LogP contribution is 2.18. The van der Waals surface area contributed by atoms with Gasteiger partial charge in [-0.3, -0.25) is 0 Å². The molecule has 0 aliphatic carbocycles. The lowest BCUT2D eigenvalue weighted by atomic mass is 10.0. The van der Waals surface area contributed by atoms with E-state index in [2.05, 4.69) is 38.5 Å². The number of aliphatic hydroxyl groups is 7. The third-order valence-corrected chi connectivity index (χ3v) is 3.36. The van der Waals surface area contributed by atoms with Gasteiger partial charge in [0.15, 0.2) is 6.29 Å². The van der Waals surface area contributed by atoms with Gasteiger partial charge in [-0.05, 0) is 6.42 Å². The van der Waals surface area contributed by atoms with Crippen molar-refractivity contribution in [2.24, 2.45) is 5.92 Å². The first kappa shape index (κ1) is 33.9. The Morgan fingerprint density at radius 2 is 1.29 bits per heavy atom. The van der Waals surface area contributed by atoms with Crippen LogP contribution in [0.2, 0.25) is 0 Å². The second-order valence-corrected chi connectivity index (χ2v) is 5.03. The van der Waals surface area contributed by atoms with E-state index in [1.165, 1.54) is 0 Å². The Hall–Kier alpha value is -1.68. The molecular formula is C19H34O9. The first-order chi connectivity index (χ1) is 13.5. The van der Waals surface area contributed by atoms with Crippen molar-refractivity contribution in [1.29, 1.82) is 0 Å². The summed E-state index contributed by atoms with van der Waals surface area (Å²) in [5.74, 6) is 0.252. The summed E-state index contributed by atoms with van der Waals surface area (Å²) in [5.41, 5.74) is 0. The van der Waals surface area contributed by atoms with Crippen LogP contribution in [-0.2, 0) is 9.47 Å². The van der Waals surface area contributed by atoms with Crippen molar-refractivity contribution in [2.75, 3.05) is 33.5 Å². The number of hydrogen-bond acceptors (Lipinski definition) is 9. The largest absolute Gasteiger partial charge is 0.400 e. The van der Waals surface area contributed by atoms with Crippen LogP contribution in [0.4, 0.5) is 0 Å². The highest BCUT2D eigenvalue weighted by molar-refractivity contribution is 4.81. The van der Waals surface area contributed by atoms with Gasteiger partial charge in [-0.15, -0.1) is 38.5 Å². The second kappa shape index (κ2) is 25.3. The standard InChI is InChI=1S/C6H12O5.C6H12O3.3C2H2.CH4O/c7-2-4-6(10)3(8)1-5(9)11-4;7-2-5-1-6(3-8)9-4-5;4*1-2/h3-10H,1-2H2;5-8H,1-4H2;3*1-2H;2H,1H3/t3-,4-,5+,6+;5-,6+;;;;/m11..../s1. The topological polar surface area (TPSA) is 160 Å². The summed E-state index contributed by atoms with van der Waals surface area (Å²) in [6.45, 7) is 0.448. The van der Waals surface area contributed by atoms with Crippen LogP contribution in [0, 0.1) is 44.5 Å². The number of ether oxygens (including phenoxy) is 2. The molecule has 0 aromatic heterocycles. The van der Waals surface area contributed by atoms with Gasteiger partial charge in [0.05, 0.1) is 32.0 Å². The van der Waals surface area contributed by atoms with Crippen LogP contribution >= 0.6 is 0 Å². The van der Waals surface area contributed by atoms with Crippen LogP contribution in [0.25, 0.3) is 0 Å². The molecular weight excluding hydrogens is 372 g/mol. The van der Waals surface area contributed by atoms with Crippen molar-refractivity contribution < 1.29 is 45.2 Å². The molecule has 164 valence electrons. The molecule has 28 heavy (non-hydrogen) atoms. The third-order valence-electron chi connectivity index (χ3n) is 3.36. The minimum atomic E-state index is -1.11. The van der Waals surface area contributed by atoms with E-state index < -0.39 is 31.2 Å². The van der Waals surface area contributed by atoms with Crippen LogP contribution in [0.5, 0.6) is 0 Å². The maximum Gasteiger partial charge on any atom is 0.157 e. The summed E-state index contributed by atoms with van der Waals surface area (Å²) in [6, 6.07) is 0. The van der Waals surface area contributed by atoms with Crippen LogP contribution in [0.1, 0.15) is 12.8 Å². The van der Waals surface area contributed by atoms with E-state index >= 15 is 0 Å². The quantitative estimate of drug-likeness (QED) is 0.252. The lowest BCUT2D eigenvalue weighted by molar-refractivity contribution is -0.239. The van der Waals surface area contributed by atoms with Crippen LogP contribution in [-0.4, -0.2) is 100.0 Å². The van der Waals surface area contributed by atoms with Crippen LogP contribution in [0.15, 0.2) is 0 Å². The van der Waals surface area contributed by atoms with Gasteiger partial charge >= 0.3 is 0 Å². The fourth-order valence-corrected chi connectivity index (χ4v) is 2.12. The molecule has 2 heterocycles. The Morgan fingerprint density at radius 3 is 1.61 bits per heavy atom. The molecule has 0 aromatic carbocycles. The van der Waals surface area contributed by atoms with Gasteiger partial charge in [0.25, 0.3) is 0 Å². The smallest absolute Gasteiger partial charge is 0.157 e. The monoisotopic (exact) mass is 406 g/mol. The van der Waals surface area contributed by atoms with Gasteiger partial charge in [-0.2, -0.15) is 0 Å². The van der Waals surface area contributed by atoms with Gasteiger partial charge in [-0.1, -0.05) is 0 Å². The molecule has 2 fully saturated rings. The molecule has 0 unspecified atom stereocenters. The fraction of sp³-hybridized carbons (Fsp3) is 0.684. The summed E-state index contributed by atoms with van der Waals surface area (Å²) < 4.78 is 9.81. The minimum Gasteiger partial charge on any atom is -0.400 e. The zero-order valence-corrected chi connectivity index (χ0v) is 16.1. The van der Waals surface area contributed by atoms with Gasteiger partial charge in [0.1, 0.15) is 12.2 Å². The average molecular weight is 406 g/mol. The molecule has 2 saturated heterocycles. The molecule has 2 aliphatic heterocycles. The first-order valence-electron chi connectivity index (χ1n) is 8.10. The molecule has 0 bridgehead atoms. The highest BCUT2D eigenvalue weighted by atomic mass is 16.6. The Morgan fingerprint density at radius 1 is 0.786 bits per heavy atom. The molecule has 6 atom stereocenters. The van der Waals surface area contributed by atoms with Gasteiger partial charge in [0.2, 0.25) is 0 Å². The molecule has 0 saturated carbocycles. The molecule has 9 heteroatoms. The average Bonchev–Trinajstić information content (AvgIpc) is 3.25. The predicted molar refractivity (Wildman–Crippen MR) is 104 cm³/mol. The van der Waals surface area contributed by atoms with E-state index in [0.717, 1.165) is 13.5 Å². The maximum absolute atomic E-state index is 9.11. The van der Waals surface area contributed by atoms with E-state index in [0.29, 0.717) is 6.61 Å². The Balaban J connectivity index is -0.000000153. The molecule has 0 aromatic rings. The van der Waals surface area contributed by atoms with Crippen molar-refractivity contribution in [1.82, 2.24) is 0 Å². The lowest BCUT2D eigenvalue weighted by Gasteiger charge is -2.33. The zero-order chi connectivity index (χ0) is 23.1. The van der Waals surface area contributed by atoms with E-state index in [4.69, 9.17) is 45.2 Å². The van der Waals surface area contributed by atoms with Crippen LogP contribution < -0.4 is 0 Å². The Kier molecular flexibility index (Phi) is 30.6. The molecule has 7 N–H and O–H groups in total. The van der Waals surface area contributed by atoms with E-state index in [-0.39, 0.29) is 31.7 Å². The van der Waals surface area contributed by atoms with E-state index in [1.807, 2.05) is 0 Å². The van der Waals surface area contributed by atoms with Gasteiger partial charge in [-0.25, -0.2) is 0 Å². The fourth-order valence-electron chi connectivity index (χ4n) is 2.12. The molecule has 0 radical (unpaired) electrons. The second-order valence-electron chi connectivity index (χ2n) is 5.03. The van der Waals surface area contributed by atoms with Crippen molar-refractivity contribution in [3.05, 3.63) is 0 Å². The predicted octanol–water partition coefficient (Wildman–Crippen LogP) is -2.46. The normalized spacial score (nSPS) is 29.8. The maximum atomic E-state index is 9.11. The number of aliphatic hydroxyl groups excluding tert-OH is 7. The first-order valence-corrected chi connectivity index (χ1v) is 8.10. The lowest BCUT2D eigenvalue weighted by Crippen LogP contribution is -2.49. The SMILES string of the molecule is C#C.C#C.C#C.CO.OC[C@@H]1CO[C@H](CO)C1.OC[C@H]1O[C@H](O)C[C@@H](O)[C@@H]1O. The molecule has 0 amide bonds. The van der Waals surface area contributed by atoms with Crippen molar-refractivity contribution in [3.8, 4) is 38.5 Å². The van der Waals surface area contributed by atoms with Crippen LogP contribution in [0.3, 0.4) is 0 Å². The Labute approximate surface area is 167 Å². The molecule has 9 nitrogen and oxygen atoms in total. The zero-order valence-electron chi connectivity index (χ0n) is 16.1. The number of terminal acetylenes is 3. The van der Waals surface area contributed by atoms with Crippen molar-refractivity contribution >= 4 is 0 Å². The number of rotatable bonds is 3. The molecule has 2 rings (SSSR count). The van der Waals surface area contributed by atoms with E-state index in [9.17, 15) is 0 Å². The van der Waals surface area contributed by atoms with Gasteiger partial charge in [0, 0.05) is 26.1 Å². The molecule has 0 spiro atoms. The summed E-state index contributed by atoms with van der Waals surface area (Å²) >= 11 is 0. The summed E-state index contributed by atoms with van der Waals surface area (Å²) in [7, 11) is 1.00.